The fourth-order valence-electron chi connectivity index (χ4n) is 2.43. The van der Waals surface area contributed by atoms with Crippen LogP contribution in [0.2, 0.25) is 0 Å². The fourth-order valence-corrected chi connectivity index (χ4v) is 2.43. The average molecular weight is 409 g/mol. The molecule has 9 heteroatoms. The Morgan fingerprint density at radius 3 is 2.37 bits per heavy atom. The lowest BCUT2D eigenvalue weighted by Crippen LogP contribution is -2.19. The minimum Gasteiger partial charge on any atom is -0.457 e. The standard InChI is InChI=1S/C21H23N5O4/c1-21(2,3)17-12-18(30-26-17)25-20(28)24-13-5-7-14(8-6-13)29-15-9-10-23-16(11-15)19(27)22-4/h5-12H,1-4H3,(H,22,27)(H2,24,25,28). The highest BCUT2D eigenvalue weighted by molar-refractivity contribution is 5.98. The van der Waals surface area contributed by atoms with Crippen LogP contribution in [0.1, 0.15) is 37.0 Å². The van der Waals surface area contributed by atoms with Gasteiger partial charge in [0, 0.05) is 36.5 Å². The summed E-state index contributed by atoms with van der Waals surface area (Å²) in [5, 5.41) is 11.8. The third-order valence-electron chi connectivity index (χ3n) is 4.05. The van der Waals surface area contributed by atoms with Gasteiger partial charge in [0.2, 0.25) is 5.88 Å². The number of urea groups is 1. The van der Waals surface area contributed by atoms with Crippen molar-refractivity contribution >= 4 is 23.5 Å². The Hall–Kier alpha value is -3.88. The molecule has 2 aromatic heterocycles. The number of benzene rings is 1. The first kappa shape index (κ1) is 20.8. The zero-order chi connectivity index (χ0) is 21.7. The fraction of sp³-hybridized carbons (Fsp3) is 0.238. The number of rotatable bonds is 5. The van der Waals surface area contributed by atoms with Gasteiger partial charge in [-0.05, 0) is 30.3 Å². The molecule has 0 aliphatic heterocycles. The van der Waals surface area contributed by atoms with E-state index >= 15 is 0 Å². The summed E-state index contributed by atoms with van der Waals surface area (Å²) in [6.07, 6.45) is 1.49. The van der Waals surface area contributed by atoms with Gasteiger partial charge >= 0.3 is 6.03 Å². The second kappa shape index (κ2) is 8.64. The summed E-state index contributed by atoms with van der Waals surface area (Å²) in [4.78, 5) is 27.8. The number of amides is 3. The molecule has 3 aromatic rings. The van der Waals surface area contributed by atoms with E-state index in [2.05, 4.69) is 26.1 Å². The van der Waals surface area contributed by atoms with Crippen LogP contribution in [0.25, 0.3) is 0 Å². The molecule has 1 aromatic carbocycles. The molecule has 0 saturated heterocycles. The number of aromatic nitrogens is 2. The molecule has 0 fully saturated rings. The smallest absolute Gasteiger partial charge is 0.326 e. The quantitative estimate of drug-likeness (QED) is 0.582. The Morgan fingerprint density at radius 1 is 1.00 bits per heavy atom. The molecule has 0 bridgehead atoms. The van der Waals surface area contributed by atoms with E-state index < -0.39 is 6.03 Å². The zero-order valence-electron chi connectivity index (χ0n) is 17.1. The van der Waals surface area contributed by atoms with Gasteiger partial charge in [-0.1, -0.05) is 25.9 Å². The summed E-state index contributed by atoms with van der Waals surface area (Å²) >= 11 is 0. The van der Waals surface area contributed by atoms with Crippen LogP contribution in [-0.4, -0.2) is 29.1 Å². The maximum atomic E-state index is 12.2. The summed E-state index contributed by atoms with van der Waals surface area (Å²) in [6, 6.07) is 11.2. The average Bonchev–Trinajstić information content (AvgIpc) is 3.18. The number of carbonyl (C=O) groups excluding carboxylic acids is 2. The monoisotopic (exact) mass is 409 g/mol. The van der Waals surface area contributed by atoms with Crippen LogP contribution in [0.4, 0.5) is 16.4 Å². The van der Waals surface area contributed by atoms with Crippen molar-refractivity contribution in [1.29, 1.82) is 0 Å². The number of anilines is 2. The van der Waals surface area contributed by atoms with Crippen LogP contribution in [0.3, 0.4) is 0 Å². The molecule has 0 aliphatic rings. The van der Waals surface area contributed by atoms with Crippen molar-refractivity contribution in [3.05, 3.63) is 60.0 Å². The van der Waals surface area contributed by atoms with E-state index in [-0.39, 0.29) is 22.9 Å². The summed E-state index contributed by atoms with van der Waals surface area (Å²) in [6.45, 7) is 6.01. The number of nitrogens with zero attached hydrogens (tertiary/aromatic N) is 2. The van der Waals surface area contributed by atoms with Crippen molar-refractivity contribution in [2.24, 2.45) is 0 Å². The van der Waals surface area contributed by atoms with Crippen molar-refractivity contribution in [3.63, 3.8) is 0 Å². The zero-order valence-corrected chi connectivity index (χ0v) is 17.1. The summed E-state index contributed by atoms with van der Waals surface area (Å²) in [7, 11) is 1.53. The Kier molecular flexibility index (Phi) is 6.01. The van der Waals surface area contributed by atoms with Crippen molar-refractivity contribution in [3.8, 4) is 11.5 Å². The van der Waals surface area contributed by atoms with Crippen LogP contribution < -0.4 is 20.7 Å². The molecule has 0 saturated carbocycles. The number of hydrogen-bond acceptors (Lipinski definition) is 6. The first-order valence-corrected chi connectivity index (χ1v) is 9.26. The summed E-state index contributed by atoms with van der Waals surface area (Å²) in [5.74, 6) is 0.983. The largest absolute Gasteiger partial charge is 0.457 e. The lowest BCUT2D eigenvalue weighted by Gasteiger charge is -2.12. The van der Waals surface area contributed by atoms with E-state index in [1.165, 1.54) is 13.2 Å². The minimum atomic E-state index is -0.454. The van der Waals surface area contributed by atoms with Crippen molar-refractivity contribution in [2.45, 2.75) is 26.2 Å². The van der Waals surface area contributed by atoms with E-state index in [1.807, 2.05) is 20.8 Å². The molecule has 0 radical (unpaired) electrons. The molecule has 2 heterocycles. The van der Waals surface area contributed by atoms with Crippen molar-refractivity contribution in [1.82, 2.24) is 15.5 Å². The van der Waals surface area contributed by atoms with Gasteiger partial charge < -0.3 is 19.9 Å². The topological polar surface area (TPSA) is 118 Å². The molecule has 9 nitrogen and oxygen atoms in total. The molecule has 156 valence electrons. The summed E-state index contributed by atoms with van der Waals surface area (Å²) < 4.78 is 10.9. The maximum Gasteiger partial charge on any atom is 0.326 e. The lowest BCUT2D eigenvalue weighted by molar-refractivity contribution is 0.0958. The number of ether oxygens (including phenoxy) is 1. The highest BCUT2D eigenvalue weighted by atomic mass is 16.5. The van der Waals surface area contributed by atoms with Crippen LogP contribution in [0, 0.1) is 0 Å². The van der Waals surface area contributed by atoms with Gasteiger partial charge in [-0.3, -0.25) is 15.1 Å². The second-order valence-corrected chi connectivity index (χ2v) is 7.49. The molecule has 0 unspecified atom stereocenters. The molecular formula is C21H23N5O4. The first-order valence-electron chi connectivity index (χ1n) is 9.26. The predicted molar refractivity (Wildman–Crippen MR) is 112 cm³/mol. The Balaban J connectivity index is 1.58. The van der Waals surface area contributed by atoms with Crippen molar-refractivity contribution in [2.75, 3.05) is 17.7 Å². The summed E-state index contributed by atoms with van der Waals surface area (Å²) in [5.41, 5.74) is 1.39. The van der Waals surface area contributed by atoms with Crippen LogP contribution >= 0.6 is 0 Å². The van der Waals surface area contributed by atoms with E-state index in [1.54, 1.807) is 42.5 Å². The highest BCUT2D eigenvalue weighted by Crippen LogP contribution is 2.25. The molecule has 3 rings (SSSR count). The molecule has 3 N–H and O–H groups in total. The third kappa shape index (κ3) is 5.34. The van der Waals surface area contributed by atoms with Crippen molar-refractivity contribution < 1.29 is 18.8 Å². The van der Waals surface area contributed by atoms with Gasteiger partial charge in [-0.2, -0.15) is 0 Å². The highest BCUT2D eigenvalue weighted by Gasteiger charge is 2.19. The molecule has 0 spiro atoms. The van der Waals surface area contributed by atoms with E-state index in [4.69, 9.17) is 9.26 Å². The molecule has 0 atom stereocenters. The van der Waals surface area contributed by atoms with Crippen LogP contribution in [0.5, 0.6) is 11.5 Å². The Bertz CT molecular complexity index is 1040. The Morgan fingerprint density at radius 2 is 1.73 bits per heavy atom. The van der Waals surface area contributed by atoms with E-state index in [0.717, 1.165) is 5.69 Å². The van der Waals surface area contributed by atoms with Gasteiger partial charge in [0.1, 0.15) is 17.2 Å². The Labute approximate surface area is 173 Å². The number of pyridine rings is 1. The number of carbonyl (C=O) groups is 2. The van der Waals surface area contributed by atoms with Crippen LogP contribution in [-0.2, 0) is 5.41 Å². The van der Waals surface area contributed by atoms with E-state index in [0.29, 0.717) is 17.2 Å². The van der Waals surface area contributed by atoms with Gasteiger partial charge in [-0.25, -0.2) is 4.79 Å². The predicted octanol–water partition coefficient (Wildman–Crippen LogP) is 4.16. The second-order valence-electron chi connectivity index (χ2n) is 7.49. The normalized spacial score (nSPS) is 10.9. The number of hydrogen-bond donors (Lipinski definition) is 3. The van der Waals surface area contributed by atoms with Crippen LogP contribution in [0.15, 0.2) is 53.2 Å². The third-order valence-corrected chi connectivity index (χ3v) is 4.05. The first-order chi connectivity index (χ1) is 14.2. The van der Waals surface area contributed by atoms with Gasteiger partial charge in [0.15, 0.2) is 0 Å². The molecule has 0 aliphatic carbocycles. The molecule has 30 heavy (non-hydrogen) atoms. The number of nitrogens with one attached hydrogen (secondary N) is 3. The van der Waals surface area contributed by atoms with Gasteiger partial charge in [-0.15, -0.1) is 0 Å². The molecular weight excluding hydrogens is 386 g/mol. The molecule has 3 amide bonds. The minimum absolute atomic E-state index is 0.175. The van der Waals surface area contributed by atoms with E-state index in [9.17, 15) is 9.59 Å². The lowest BCUT2D eigenvalue weighted by atomic mass is 9.92. The maximum absolute atomic E-state index is 12.2. The SMILES string of the molecule is CNC(=O)c1cc(Oc2ccc(NC(=O)Nc3cc(C(C)(C)C)no3)cc2)ccn1. The van der Waals surface area contributed by atoms with Gasteiger partial charge in [0.25, 0.3) is 5.91 Å². The van der Waals surface area contributed by atoms with Gasteiger partial charge in [0.05, 0.1) is 5.69 Å².